The Kier molecular flexibility index (Phi) is 18.6. The Morgan fingerprint density at radius 1 is 0.548 bits per heavy atom. The molecular formula is C49H64ClN3O19S. The summed E-state index contributed by atoms with van der Waals surface area (Å²) in [5, 5.41) is 9.82. The number of halogens is 1. The first-order chi connectivity index (χ1) is 35.0. The van der Waals surface area contributed by atoms with Crippen LogP contribution in [0.3, 0.4) is 0 Å². The zero-order valence-electron chi connectivity index (χ0n) is 41.6. The minimum absolute atomic E-state index is 0.0233. The molecule has 24 heteroatoms. The van der Waals surface area contributed by atoms with Crippen LogP contribution in [0.2, 0.25) is 0 Å². The smallest absolute Gasteiger partial charge is 0.410 e. The molecule has 0 unspecified atom stereocenters. The van der Waals surface area contributed by atoms with E-state index in [2.05, 4.69) is 0 Å². The monoisotopic (exact) mass is 1070 g/mol. The first-order valence-electron chi connectivity index (χ1n) is 23.3. The fourth-order valence-electron chi connectivity index (χ4n) is 9.94. The number of carbonyl (C=O) groups excluding carboxylic acids is 3. The average Bonchev–Trinajstić information content (AvgIpc) is 4.27. The van der Waals surface area contributed by atoms with Crippen molar-refractivity contribution in [2.75, 3.05) is 88.4 Å². The molecule has 0 aliphatic carbocycles. The van der Waals surface area contributed by atoms with Gasteiger partial charge < -0.3 is 61.9 Å². The number of aliphatic hydroxyl groups is 1. The number of amides is 3. The van der Waals surface area contributed by atoms with Gasteiger partial charge in [-0.15, -0.1) is 11.6 Å². The summed E-state index contributed by atoms with van der Waals surface area (Å²) in [5.74, 6) is -3.33. The molecule has 3 amide bonds. The number of hydrogen-bond donors (Lipinski definition) is 1. The molecule has 3 aromatic carbocycles. The van der Waals surface area contributed by atoms with E-state index >= 15 is 0 Å². The molecule has 0 saturated carbocycles. The van der Waals surface area contributed by atoms with E-state index in [4.69, 9.17) is 72.6 Å². The van der Waals surface area contributed by atoms with Gasteiger partial charge in [-0.2, -0.15) is 8.42 Å². The molecule has 402 valence electrons. The van der Waals surface area contributed by atoms with Crippen molar-refractivity contribution in [3.8, 4) is 0 Å². The molecule has 6 heterocycles. The minimum atomic E-state index is -3.74. The molecule has 73 heavy (non-hydrogen) atoms. The molecule has 0 aromatic heterocycles. The van der Waals surface area contributed by atoms with Crippen LogP contribution in [0.25, 0.3) is 0 Å². The molecule has 9 rings (SSSR count). The summed E-state index contributed by atoms with van der Waals surface area (Å²) in [4.78, 5) is 42.0. The number of aliphatic hydroxyl groups excluding tert-OH is 1. The van der Waals surface area contributed by atoms with Crippen LogP contribution in [-0.2, 0) is 91.0 Å². The number of alkyl halides is 1. The predicted octanol–water partition coefficient (Wildman–Crippen LogP) is 3.50. The number of β-amino-alcohol motifs (C(OH)–C–C–N with tert-alkyl or cyclic N) is 1. The highest BCUT2D eigenvalue weighted by atomic mass is 35.5. The third-order valence-electron chi connectivity index (χ3n) is 13.6. The highest BCUT2D eigenvalue weighted by Crippen LogP contribution is 2.43. The number of methoxy groups -OCH3 is 6. The molecule has 6 saturated heterocycles. The number of ether oxygens (including phenoxy) is 12. The van der Waals surface area contributed by atoms with Gasteiger partial charge in [0, 0.05) is 49.2 Å². The van der Waals surface area contributed by atoms with Gasteiger partial charge in [0.2, 0.25) is 17.4 Å². The molecule has 0 spiro atoms. The predicted molar refractivity (Wildman–Crippen MR) is 256 cm³/mol. The van der Waals surface area contributed by atoms with E-state index in [9.17, 15) is 27.9 Å². The van der Waals surface area contributed by atoms with Gasteiger partial charge in [-0.1, -0.05) is 91.0 Å². The van der Waals surface area contributed by atoms with Gasteiger partial charge in [0.05, 0.1) is 24.7 Å². The number of benzene rings is 3. The quantitative estimate of drug-likeness (QED) is 0.105. The fourth-order valence-corrected chi connectivity index (χ4v) is 10.9. The highest BCUT2D eigenvalue weighted by molar-refractivity contribution is 7.86. The fraction of sp³-hybridized carbons (Fsp3) is 0.571. The molecule has 3 aromatic rings. The molecule has 1 N–H and O–H groups in total. The Labute approximate surface area is 429 Å². The van der Waals surface area contributed by atoms with Gasteiger partial charge in [-0.25, -0.2) is 14.4 Å². The van der Waals surface area contributed by atoms with Gasteiger partial charge in [0.25, 0.3) is 10.1 Å². The number of hydrogen-bond acceptors (Lipinski definition) is 19. The second-order valence-corrected chi connectivity index (χ2v) is 20.0. The third kappa shape index (κ3) is 12.2. The zero-order valence-corrected chi connectivity index (χ0v) is 43.2. The van der Waals surface area contributed by atoms with Crippen molar-refractivity contribution < 1.29 is 88.9 Å². The number of carbonyl (C=O) groups is 3. The van der Waals surface area contributed by atoms with Crippen LogP contribution in [0.5, 0.6) is 0 Å². The van der Waals surface area contributed by atoms with Gasteiger partial charge >= 0.3 is 18.3 Å². The lowest BCUT2D eigenvalue weighted by molar-refractivity contribution is -0.224. The van der Waals surface area contributed by atoms with E-state index in [0.29, 0.717) is 6.54 Å². The van der Waals surface area contributed by atoms with E-state index in [1.165, 1.54) is 52.5 Å². The van der Waals surface area contributed by atoms with E-state index < -0.39 is 88.3 Å². The SMILES string of the molecule is COC1(OC)CO[C@@H]2[C@H](O)CN(C(=O)OCc3ccccc3)[C@@H]21.COC1(OC)CO[C@H]2[C@@H]1N(C(=O)OCc1ccccc1)C[C@@H]2Cl.COC1(OC)CO[C@H]2[C@@H]1N(C(=O)OCc1ccccc1)C[C@H]2OS(C)(=O)=O. The molecule has 6 aliphatic heterocycles. The van der Waals surface area contributed by atoms with Crippen LogP contribution < -0.4 is 0 Å². The van der Waals surface area contributed by atoms with Crippen molar-refractivity contribution in [2.24, 2.45) is 0 Å². The van der Waals surface area contributed by atoms with Crippen molar-refractivity contribution in [3.05, 3.63) is 108 Å². The molecule has 0 radical (unpaired) electrons. The topological polar surface area (TPSA) is 235 Å². The lowest BCUT2D eigenvalue weighted by Crippen LogP contribution is -2.55. The van der Waals surface area contributed by atoms with Crippen LogP contribution in [0.1, 0.15) is 16.7 Å². The molecular weight excluding hydrogens is 1000 g/mol. The summed E-state index contributed by atoms with van der Waals surface area (Å²) in [7, 11) is 5.19. The summed E-state index contributed by atoms with van der Waals surface area (Å²) in [5.41, 5.74) is 2.65. The summed E-state index contributed by atoms with van der Waals surface area (Å²) in [6.07, 6.45) is -3.91. The molecule has 9 atom stereocenters. The van der Waals surface area contributed by atoms with Crippen LogP contribution in [0, 0.1) is 0 Å². The second kappa shape index (κ2) is 24.3. The Hall–Kier alpha value is -4.73. The first kappa shape index (κ1) is 56.0. The number of fused-ring (bicyclic) bond motifs is 3. The van der Waals surface area contributed by atoms with Crippen LogP contribution >= 0.6 is 11.6 Å². The number of nitrogens with zero attached hydrogens (tertiary/aromatic N) is 3. The maximum atomic E-state index is 12.7. The zero-order chi connectivity index (χ0) is 52.6. The Bertz CT molecular complexity index is 2290. The first-order valence-corrected chi connectivity index (χ1v) is 25.5. The Balaban J connectivity index is 0.000000161. The highest BCUT2D eigenvalue weighted by Gasteiger charge is 2.64. The van der Waals surface area contributed by atoms with Gasteiger partial charge in [0.1, 0.15) is 88.3 Å². The molecule has 22 nitrogen and oxygen atoms in total. The summed E-state index contributed by atoms with van der Waals surface area (Å²) < 4.78 is 94.3. The standard InChI is InChI=1S/C17H23NO8S.C16H20ClNO5.C16H21NO6/c1-22-17(23-2)11-25-14-13(26-27(3,20)21)9-18(15(14)17)16(19)24-10-12-7-5-4-6-8-12;1-20-16(21-2)10-23-13-12(17)8-18(14(13)16)15(19)22-9-11-6-4-3-5-7-11;1-20-16(21-2)10-23-13-12(18)8-17(14(13)16)15(19)22-9-11-6-4-3-5-7-11/h4-8,13-15H,9-11H2,1-3H3;3-7,12-14H,8-10H2,1-2H3;3-7,12-14,18H,8-10H2,1-2H3/t13-,14-,15+;12-,13+,14-;12-,13-,14+/m101/s1. The lowest BCUT2D eigenvalue weighted by Gasteiger charge is -2.35. The van der Waals surface area contributed by atoms with Crippen LogP contribution in [0.15, 0.2) is 91.0 Å². The van der Waals surface area contributed by atoms with E-state index in [1.807, 2.05) is 91.0 Å². The van der Waals surface area contributed by atoms with Crippen molar-refractivity contribution in [3.63, 3.8) is 0 Å². The van der Waals surface area contributed by atoms with E-state index in [0.717, 1.165) is 22.9 Å². The Morgan fingerprint density at radius 2 is 0.877 bits per heavy atom. The molecule has 0 bridgehead atoms. The molecule has 6 aliphatic rings. The maximum Gasteiger partial charge on any atom is 0.410 e. The molecule has 6 fully saturated rings. The lowest BCUT2D eigenvalue weighted by atomic mass is 10.1. The van der Waals surface area contributed by atoms with Crippen molar-refractivity contribution in [2.45, 2.75) is 91.2 Å². The summed E-state index contributed by atoms with van der Waals surface area (Å²) in [6, 6.07) is 26.5. The van der Waals surface area contributed by atoms with Gasteiger partial charge in [-0.3, -0.25) is 18.9 Å². The van der Waals surface area contributed by atoms with Gasteiger partial charge in [0.15, 0.2) is 0 Å². The third-order valence-corrected chi connectivity index (χ3v) is 14.6. The van der Waals surface area contributed by atoms with E-state index in [-0.39, 0.29) is 64.2 Å². The normalized spacial score (nSPS) is 28.0. The van der Waals surface area contributed by atoms with Crippen molar-refractivity contribution >= 4 is 40.0 Å². The average molecular weight is 1070 g/mol. The largest absolute Gasteiger partial charge is 0.445 e. The van der Waals surface area contributed by atoms with Gasteiger partial charge in [-0.05, 0) is 16.7 Å². The van der Waals surface area contributed by atoms with E-state index in [1.54, 1.807) is 4.90 Å². The van der Waals surface area contributed by atoms with Crippen LogP contribution in [-0.4, -0.2) is 206 Å². The number of likely N-dealkylation sites (tertiary alicyclic amines) is 3. The maximum absolute atomic E-state index is 12.7. The van der Waals surface area contributed by atoms with Crippen molar-refractivity contribution in [1.29, 1.82) is 0 Å². The number of rotatable bonds is 14. The Morgan fingerprint density at radius 3 is 1.26 bits per heavy atom. The summed E-state index contributed by atoms with van der Waals surface area (Å²) in [6.45, 7) is 1.28. The van der Waals surface area contributed by atoms with Crippen LogP contribution in [0.4, 0.5) is 14.4 Å². The van der Waals surface area contributed by atoms with Crippen molar-refractivity contribution in [1.82, 2.24) is 14.7 Å². The second-order valence-electron chi connectivity index (χ2n) is 17.8. The summed E-state index contributed by atoms with van der Waals surface area (Å²) >= 11 is 6.32. The minimum Gasteiger partial charge on any atom is -0.445 e.